The van der Waals surface area contributed by atoms with Gasteiger partial charge in [0.15, 0.2) is 0 Å². The number of likely N-dealkylation sites (tertiary alicyclic amines) is 1. The van der Waals surface area contributed by atoms with Crippen LogP contribution in [0.3, 0.4) is 0 Å². The number of benzene rings is 1. The first-order chi connectivity index (χ1) is 16.8. The predicted octanol–water partition coefficient (Wildman–Crippen LogP) is 1.72. The summed E-state index contributed by atoms with van der Waals surface area (Å²) in [5.74, 6) is -1.57. The standard InChI is InChI=1S/C27H33N3O4S/c1-17(2)29-14-8-12-27-22(21-20(35-27)11-7-13-28(3)24(21)32)25(33)30(23(27)26(29)34)19(16-31)15-18-9-5-4-6-10-18/h4-12,17,19-23,31H,13-16H2,1-3H3/t19-,20+,21-,22+,23?,27+/m1/s1. The Bertz CT molecular complexity index is 1070. The fourth-order valence-electron chi connectivity index (χ4n) is 6.22. The Morgan fingerprint density at radius 3 is 2.49 bits per heavy atom. The minimum Gasteiger partial charge on any atom is -0.394 e. The minimum atomic E-state index is -0.852. The van der Waals surface area contributed by atoms with E-state index < -0.39 is 28.7 Å². The van der Waals surface area contributed by atoms with Crippen molar-refractivity contribution in [3.8, 4) is 0 Å². The number of fused-ring (bicyclic) bond motifs is 2. The van der Waals surface area contributed by atoms with E-state index in [-0.39, 0.29) is 35.6 Å². The lowest BCUT2D eigenvalue weighted by molar-refractivity contribution is -0.147. The maximum absolute atomic E-state index is 14.3. The van der Waals surface area contributed by atoms with Crippen LogP contribution >= 0.6 is 11.8 Å². The van der Waals surface area contributed by atoms with Crippen molar-refractivity contribution in [1.82, 2.24) is 14.7 Å². The van der Waals surface area contributed by atoms with Gasteiger partial charge in [-0.05, 0) is 25.8 Å². The van der Waals surface area contributed by atoms with Gasteiger partial charge in [-0.2, -0.15) is 0 Å². The molecule has 3 amide bonds. The van der Waals surface area contributed by atoms with Gasteiger partial charge in [-0.25, -0.2) is 0 Å². The largest absolute Gasteiger partial charge is 0.394 e. The van der Waals surface area contributed by atoms with Crippen LogP contribution in [0, 0.1) is 11.8 Å². The molecule has 5 rings (SSSR count). The van der Waals surface area contributed by atoms with Gasteiger partial charge in [0.05, 0.1) is 29.2 Å². The third-order valence-electron chi connectivity index (χ3n) is 7.87. The van der Waals surface area contributed by atoms with Crippen LogP contribution < -0.4 is 0 Å². The second-order valence-corrected chi connectivity index (χ2v) is 11.7. The topological polar surface area (TPSA) is 81.2 Å². The highest BCUT2D eigenvalue weighted by Crippen LogP contribution is 2.61. The van der Waals surface area contributed by atoms with E-state index in [4.69, 9.17) is 0 Å². The molecule has 1 aromatic carbocycles. The Labute approximate surface area is 210 Å². The molecule has 0 bridgehead atoms. The number of carbonyl (C=O) groups excluding carboxylic acids is 3. The van der Waals surface area contributed by atoms with Gasteiger partial charge in [0.25, 0.3) is 0 Å². The third-order valence-corrected chi connectivity index (χ3v) is 9.61. The van der Waals surface area contributed by atoms with Crippen LogP contribution in [0.15, 0.2) is 54.6 Å². The smallest absolute Gasteiger partial charge is 0.247 e. The molecule has 8 heteroatoms. The number of aliphatic hydroxyl groups is 1. The number of rotatable bonds is 5. The van der Waals surface area contributed by atoms with E-state index in [2.05, 4.69) is 0 Å². The van der Waals surface area contributed by atoms with Crippen LogP contribution in [-0.2, 0) is 20.8 Å². The lowest BCUT2D eigenvalue weighted by atomic mass is 9.78. The monoisotopic (exact) mass is 495 g/mol. The number of hydrogen-bond donors (Lipinski definition) is 1. The molecule has 2 saturated heterocycles. The van der Waals surface area contributed by atoms with Gasteiger partial charge in [0.2, 0.25) is 17.7 Å². The highest BCUT2D eigenvalue weighted by Gasteiger charge is 2.71. The summed E-state index contributed by atoms with van der Waals surface area (Å²) in [6, 6.07) is 8.35. The van der Waals surface area contributed by atoms with Crippen molar-refractivity contribution < 1.29 is 19.5 Å². The Morgan fingerprint density at radius 2 is 1.80 bits per heavy atom. The van der Waals surface area contributed by atoms with Gasteiger partial charge in [-0.1, -0.05) is 54.6 Å². The maximum atomic E-state index is 14.3. The van der Waals surface area contributed by atoms with Crippen molar-refractivity contribution >= 4 is 29.5 Å². The highest BCUT2D eigenvalue weighted by atomic mass is 32.2. The van der Waals surface area contributed by atoms with Crippen LogP contribution in [0.5, 0.6) is 0 Å². The van der Waals surface area contributed by atoms with E-state index in [1.165, 1.54) is 0 Å². The number of likely N-dealkylation sites (N-methyl/N-ethyl adjacent to an activating group) is 1. The number of amides is 3. The molecule has 1 unspecified atom stereocenters. The summed E-state index contributed by atoms with van der Waals surface area (Å²) < 4.78 is -0.852. The van der Waals surface area contributed by atoms with Crippen LogP contribution in [-0.4, -0.2) is 92.4 Å². The summed E-state index contributed by atoms with van der Waals surface area (Å²) in [7, 11) is 1.76. The van der Waals surface area contributed by atoms with Gasteiger partial charge in [0.1, 0.15) is 6.04 Å². The summed E-state index contributed by atoms with van der Waals surface area (Å²) in [5.41, 5.74) is 0.988. The van der Waals surface area contributed by atoms with Crippen molar-refractivity contribution in [2.24, 2.45) is 11.8 Å². The number of carbonyl (C=O) groups is 3. The number of hydrogen-bond acceptors (Lipinski definition) is 5. The Morgan fingerprint density at radius 1 is 1.06 bits per heavy atom. The van der Waals surface area contributed by atoms with Crippen molar-refractivity contribution in [2.45, 2.75) is 48.4 Å². The first-order valence-electron chi connectivity index (χ1n) is 12.3. The molecule has 1 spiro atoms. The molecule has 0 saturated carbocycles. The fraction of sp³-hybridized carbons (Fsp3) is 0.519. The predicted molar refractivity (Wildman–Crippen MR) is 136 cm³/mol. The van der Waals surface area contributed by atoms with E-state index in [0.717, 1.165) is 5.56 Å². The van der Waals surface area contributed by atoms with Crippen LogP contribution in [0.1, 0.15) is 19.4 Å². The summed E-state index contributed by atoms with van der Waals surface area (Å²) in [6.45, 7) is 4.67. The van der Waals surface area contributed by atoms with Gasteiger partial charge in [-0.15, -0.1) is 11.8 Å². The van der Waals surface area contributed by atoms with E-state index >= 15 is 0 Å². The van der Waals surface area contributed by atoms with Crippen LogP contribution in [0.4, 0.5) is 0 Å². The second-order valence-electron chi connectivity index (χ2n) is 10.2. The first kappa shape index (κ1) is 24.1. The molecule has 6 atom stereocenters. The third kappa shape index (κ3) is 3.73. The maximum Gasteiger partial charge on any atom is 0.247 e. The van der Waals surface area contributed by atoms with Crippen molar-refractivity contribution in [3.63, 3.8) is 0 Å². The Hall–Kier alpha value is -2.58. The van der Waals surface area contributed by atoms with Crippen LogP contribution in [0.2, 0.25) is 0 Å². The fourth-order valence-corrected chi connectivity index (χ4v) is 8.21. The van der Waals surface area contributed by atoms with Crippen LogP contribution in [0.25, 0.3) is 0 Å². The molecule has 4 aliphatic rings. The summed E-state index contributed by atoms with van der Waals surface area (Å²) in [4.78, 5) is 47.0. The SMILES string of the molecule is CC(C)N1CC=C[C@]23S[C@H]4C=CCN(C)C(=O)[C@H]4[C@H]2C(=O)N([C@@H](CO)Cc2ccccc2)C3C1=O. The van der Waals surface area contributed by atoms with E-state index in [9.17, 15) is 19.5 Å². The second kappa shape index (κ2) is 9.13. The van der Waals surface area contributed by atoms with Gasteiger partial charge in [0, 0.05) is 31.4 Å². The number of thioether (sulfide) groups is 1. The molecule has 2 fully saturated rings. The normalized spacial score (nSPS) is 33.1. The molecule has 186 valence electrons. The molecular weight excluding hydrogens is 462 g/mol. The van der Waals surface area contributed by atoms with Gasteiger partial charge >= 0.3 is 0 Å². The zero-order chi connectivity index (χ0) is 24.9. The zero-order valence-electron chi connectivity index (χ0n) is 20.4. The Balaban J connectivity index is 1.63. The number of aliphatic hydroxyl groups excluding tert-OH is 1. The van der Waals surface area contributed by atoms with E-state index in [0.29, 0.717) is 19.5 Å². The highest BCUT2D eigenvalue weighted by molar-refractivity contribution is 8.02. The average Bonchev–Trinajstić information content (AvgIpc) is 3.17. The van der Waals surface area contributed by atoms with Crippen molar-refractivity contribution in [3.05, 3.63) is 60.2 Å². The van der Waals surface area contributed by atoms with Gasteiger partial charge in [-0.3, -0.25) is 14.4 Å². The summed E-state index contributed by atoms with van der Waals surface area (Å²) >= 11 is 1.58. The molecule has 1 aromatic rings. The quantitative estimate of drug-likeness (QED) is 0.630. The molecule has 4 aliphatic heterocycles. The molecule has 1 N–H and O–H groups in total. The summed E-state index contributed by atoms with van der Waals surface area (Å²) in [5, 5.41) is 10.3. The molecule has 0 aliphatic carbocycles. The van der Waals surface area contributed by atoms with Crippen molar-refractivity contribution in [1.29, 1.82) is 0 Å². The lowest BCUT2D eigenvalue weighted by Gasteiger charge is -2.39. The number of nitrogens with zero attached hydrogens (tertiary/aromatic N) is 3. The molecule has 35 heavy (non-hydrogen) atoms. The Kier molecular flexibility index (Phi) is 6.30. The molecule has 0 radical (unpaired) electrons. The lowest BCUT2D eigenvalue weighted by Crippen LogP contribution is -2.57. The molecular formula is C27H33N3O4S. The van der Waals surface area contributed by atoms with Crippen molar-refractivity contribution in [2.75, 3.05) is 26.7 Å². The summed E-state index contributed by atoms with van der Waals surface area (Å²) in [6.07, 6.45) is 8.48. The van der Waals surface area contributed by atoms with E-state index in [1.54, 1.807) is 33.5 Å². The van der Waals surface area contributed by atoms with E-state index in [1.807, 2.05) is 68.5 Å². The van der Waals surface area contributed by atoms with Gasteiger partial charge < -0.3 is 19.8 Å². The average molecular weight is 496 g/mol. The molecule has 4 heterocycles. The molecule has 0 aromatic heterocycles. The minimum absolute atomic E-state index is 0.0375. The first-order valence-corrected chi connectivity index (χ1v) is 13.2. The zero-order valence-corrected chi connectivity index (χ0v) is 21.2. The molecule has 7 nitrogen and oxygen atoms in total.